The fraction of sp³-hybridized carbons (Fsp3) is 0.500. The van der Waals surface area contributed by atoms with Crippen molar-refractivity contribution in [3.63, 3.8) is 0 Å². The van der Waals surface area contributed by atoms with Gasteiger partial charge in [-0.2, -0.15) is 0 Å². The van der Waals surface area contributed by atoms with Crippen LogP contribution in [0.4, 0.5) is 4.79 Å². The Labute approximate surface area is 184 Å². The third-order valence-electron chi connectivity index (χ3n) is 7.21. The summed E-state index contributed by atoms with van der Waals surface area (Å²) in [6.45, 7) is 10.0. The van der Waals surface area contributed by atoms with E-state index in [1.807, 2.05) is 0 Å². The van der Waals surface area contributed by atoms with Crippen molar-refractivity contribution >= 4 is 6.09 Å². The summed E-state index contributed by atoms with van der Waals surface area (Å²) in [5, 5.41) is 3.18. The molecule has 0 saturated carbocycles. The fourth-order valence-electron chi connectivity index (χ4n) is 5.20. The van der Waals surface area contributed by atoms with Crippen molar-refractivity contribution in [3.8, 4) is 16.9 Å². The average Bonchev–Trinajstić information content (AvgIpc) is 2.77. The topological polar surface area (TPSA) is 50.8 Å². The zero-order valence-electron chi connectivity index (χ0n) is 18.7. The first-order valence-corrected chi connectivity index (χ1v) is 11.4. The molecule has 3 fully saturated rings. The quantitative estimate of drug-likeness (QED) is 0.764. The number of amides is 1. The second-order valence-electron chi connectivity index (χ2n) is 10.1. The molecule has 3 saturated heterocycles. The van der Waals surface area contributed by atoms with Gasteiger partial charge < -0.3 is 14.8 Å². The van der Waals surface area contributed by atoms with E-state index >= 15 is 0 Å². The van der Waals surface area contributed by atoms with E-state index in [-0.39, 0.29) is 23.7 Å². The van der Waals surface area contributed by atoms with Gasteiger partial charge >= 0.3 is 6.09 Å². The number of nitrogens with one attached hydrogen (secondary N) is 1. The molecule has 0 radical (unpaired) electrons. The Morgan fingerprint density at radius 1 is 1.10 bits per heavy atom. The molecule has 1 N–H and O–H groups in total. The van der Waals surface area contributed by atoms with Crippen LogP contribution in [0.15, 0.2) is 42.5 Å². The highest BCUT2D eigenvalue weighted by Gasteiger charge is 2.41. The second-order valence-corrected chi connectivity index (χ2v) is 10.1. The van der Waals surface area contributed by atoms with Crippen molar-refractivity contribution in [2.75, 3.05) is 26.2 Å². The normalized spacial score (nSPS) is 28.4. The van der Waals surface area contributed by atoms with Crippen LogP contribution in [0.1, 0.15) is 43.9 Å². The van der Waals surface area contributed by atoms with Gasteiger partial charge in [0.2, 0.25) is 0 Å². The van der Waals surface area contributed by atoms with Gasteiger partial charge in [-0.3, -0.25) is 4.90 Å². The molecular formula is C26H32N2O3. The maximum atomic E-state index is 12.9. The molecule has 6 rings (SSSR count). The minimum absolute atomic E-state index is 0.00818. The lowest BCUT2D eigenvalue weighted by Crippen LogP contribution is -2.53. The molecule has 5 heteroatoms. The lowest BCUT2D eigenvalue weighted by Gasteiger charge is -2.44. The second kappa shape index (κ2) is 7.86. The molecule has 0 spiro atoms. The van der Waals surface area contributed by atoms with Crippen LogP contribution in [-0.4, -0.2) is 43.3 Å². The Hall–Kier alpha value is -2.53. The van der Waals surface area contributed by atoms with Gasteiger partial charge in [0.15, 0.2) is 0 Å². The predicted molar refractivity (Wildman–Crippen MR) is 121 cm³/mol. The number of benzene rings is 2. The molecule has 2 aromatic carbocycles. The summed E-state index contributed by atoms with van der Waals surface area (Å²) < 4.78 is 12.0. The molecule has 1 unspecified atom stereocenters. The van der Waals surface area contributed by atoms with E-state index in [4.69, 9.17) is 9.47 Å². The number of carbonyl (C=O) groups is 1. The molecular weight excluding hydrogens is 388 g/mol. The third-order valence-corrected chi connectivity index (χ3v) is 7.21. The molecule has 2 atom stereocenters. The maximum absolute atomic E-state index is 12.9. The number of hydrogen-bond acceptors (Lipinski definition) is 4. The Morgan fingerprint density at radius 3 is 2.48 bits per heavy atom. The van der Waals surface area contributed by atoms with Crippen molar-refractivity contribution in [1.82, 2.24) is 10.2 Å². The van der Waals surface area contributed by atoms with Crippen molar-refractivity contribution in [1.29, 1.82) is 0 Å². The van der Waals surface area contributed by atoms with Gasteiger partial charge in [0.05, 0.1) is 12.6 Å². The van der Waals surface area contributed by atoms with E-state index in [0.29, 0.717) is 12.5 Å². The van der Waals surface area contributed by atoms with E-state index in [1.54, 1.807) is 0 Å². The minimum atomic E-state index is -0.313. The smallest absolute Gasteiger partial charge is 0.407 e. The van der Waals surface area contributed by atoms with E-state index in [9.17, 15) is 4.79 Å². The summed E-state index contributed by atoms with van der Waals surface area (Å²) in [5.41, 5.74) is 4.30. The molecule has 4 heterocycles. The SMILES string of the molecule is Cc1ccc(-c2ccc3c(c2)OCC(C)(C)C3NC(=O)O[C@@H]2CN3CCC2CC3)cc1. The number of nitrogens with zero attached hydrogens (tertiary/aromatic N) is 1. The van der Waals surface area contributed by atoms with Crippen LogP contribution in [0, 0.1) is 18.3 Å². The van der Waals surface area contributed by atoms with Crippen molar-refractivity contribution < 1.29 is 14.3 Å². The van der Waals surface area contributed by atoms with Gasteiger partial charge in [-0.05, 0) is 56.0 Å². The summed E-state index contributed by atoms with van der Waals surface area (Å²) in [4.78, 5) is 15.3. The molecule has 0 aliphatic carbocycles. The van der Waals surface area contributed by atoms with Crippen molar-refractivity contribution in [2.45, 2.75) is 45.8 Å². The minimum Gasteiger partial charge on any atom is -0.493 e. The molecule has 164 valence electrons. The summed E-state index contributed by atoms with van der Waals surface area (Å²) in [6.07, 6.45) is 1.96. The van der Waals surface area contributed by atoms with Crippen LogP contribution in [0.3, 0.4) is 0 Å². The van der Waals surface area contributed by atoms with E-state index < -0.39 is 0 Å². The largest absolute Gasteiger partial charge is 0.493 e. The van der Waals surface area contributed by atoms with Gasteiger partial charge in [-0.25, -0.2) is 4.79 Å². The highest BCUT2D eigenvalue weighted by atomic mass is 16.6. The lowest BCUT2D eigenvalue weighted by molar-refractivity contribution is -0.0361. The number of rotatable bonds is 3. The van der Waals surface area contributed by atoms with Gasteiger partial charge in [-0.1, -0.05) is 55.8 Å². The molecule has 1 amide bonds. The number of piperidine rings is 3. The number of carbonyl (C=O) groups excluding carboxylic acids is 1. The molecule has 2 bridgehead atoms. The molecule has 4 aliphatic heterocycles. The first kappa shape index (κ1) is 20.4. The van der Waals surface area contributed by atoms with Gasteiger partial charge in [0.25, 0.3) is 0 Å². The van der Waals surface area contributed by atoms with Crippen LogP contribution < -0.4 is 10.1 Å². The first-order valence-electron chi connectivity index (χ1n) is 11.4. The molecule has 31 heavy (non-hydrogen) atoms. The Bertz CT molecular complexity index is 961. The first-order chi connectivity index (χ1) is 14.9. The summed E-state index contributed by atoms with van der Waals surface area (Å²) in [5.74, 6) is 1.34. The van der Waals surface area contributed by atoms with Crippen LogP contribution in [0.2, 0.25) is 0 Å². The van der Waals surface area contributed by atoms with Crippen LogP contribution >= 0.6 is 0 Å². The zero-order valence-corrected chi connectivity index (χ0v) is 18.7. The summed E-state index contributed by atoms with van der Waals surface area (Å²) >= 11 is 0. The molecule has 2 aromatic rings. The number of hydrogen-bond donors (Lipinski definition) is 1. The van der Waals surface area contributed by atoms with E-state index in [1.165, 1.54) is 5.56 Å². The molecule has 5 nitrogen and oxygen atoms in total. The van der Waals surface area contributed by atoms with Crippen LogP contribution in [-0.2, 0) is 4.74 Å². The van der Waals surface area contributed by atoms with Crippen molar-refractivity contribution in [2.24, 2.45) is 11.3 Å². The average molecular weight is 421 g/mol. The van der Waals surface area contributed by atoms with Crippen LogP contribution in [0.25, 0.3) is 11.1 Å². The van der Waals surface area contributed by atoms with E-state index in [2.05, 4.69) is 73.5 Å². The zero-order chi connectivity index (χ0) is 21.6. The number of fused-ring (bicyclic) bond motifs is 4. The van der Waals surface area contributed by atoms with Crippen LogP contribution in [0.5, 0.6) is 5.75 Å². The van der Waals surface area contributed by atoms with Gasteiger partial charge in [0, 0.05) is 17.5 Å². The Morgan fingerprint density at radius 2 is 1.81 bits per heavy atom. The highest BCUT2D eigenvalue weighted by molar-refractivity contribution is 5.70. The van der Waals surface area contributed by atoms with Crippen molar-refractivity contribution in [3.05, 3.63) is 53.6 Å². The number of ether oxygens (including phenoxy) is 2. The highest BCUT2D eigenvalue weighted by Crippen LogP contribution is 2.44. The standard InChI is InChI=1S/C26H32N2O3/c1-17-4-6-18(7-5-17)20-8-9-21-22(14-20)30-16-26(2,3)24(21)27-25(29)31-23-15-28-12-10-19(23)11-13-28/h4-9,14,19,23-24H,10-13,15-16H2,1-3H3,(H,27,29)/t23-,24?/m1/s1. The fourth-order valence-corrected chi connectivity index (χ4v) is 5.20. The number of aryl methyl sites for hydroxylation is 1. The molecule has 4 aliphatic rings. The Balaban J connectivity index is 1.35. The van der Waals surface area contributed by atoms with Gasteiger partial charge in [0.1, 0.15) is 11.9 Å². The monoisotopic (exact) mass is 420 g/mol. The Kier molecular flexibility index (Phi) is 5.17. The number of alkyl carbamates (subject to hydrolysis) is 1. The summed E-state index contributed by atoms with van der Waals surface area (Å²) in [6, 6.07) is 14.6. The third kappa shape index (κ3) is 4.03. The maximum Gasteiger partial charge on any atom is 0.407 e. The van der Waals surface area contributed by atoms with Gasteiger partial charge in [-0.15, -0.1) is 0 Å². The van der Waals surface area contributed by atoms with E-state index in [0.717, 1.165) is 54.9 Å². The summed E-state index contributed by atoms with van der Waals surface area (Å²) in [7, 11) is 0. The predicted octanol–water partition coefficient (Wildman–Crippen LogP) is 4.94. The lowest BCUT2D eigenvalue weighted by atomic mass is 9.78. The molecule has 0 aromatic heterocycles.